The molecule has 0 aliphatic carbocycles. The van der Waals surface area contributed by atoms with Gasteiger partial charge < -0.3 is 5.32 Å². The molecule has 1 unspecified atom stereocenters. The van der Waals surface area contributed by atoms with Gasteiger partial charge in [0, 0.05) is 11.2 Å². The second-order valence-corrected chi connectivity index (χ2v) is 14.4. The monoisotopic (exact) mass is 514 g/mol. The molecule has 0 spiro atoms. The van der Waals surface area contributed by atoms with Gasteiger partial charge in [0.1, 0.15) is 0 Å². The van der Waals surface area contributed by atoms with Gasteiger partial charge in [-0.25, -0.2) is 0 Å². The van der Waals surface area contributed by atoms with Gasteiger partial charge in [0.25, 0.3) is 0 Å². The summed E-state index contributed by atoms with van der Waals surface area (Å²) in [6.45, 7) is 40.5. The molecule has 0 aliphatic rings. The van der Waals surface area contributed by atoms with Gasteiger partial charge in [-0.15, -0.1) is 0 Å². The molecule has 0 radical (unpaired) electrons. The van der Waals surface area contributed by atoms with Crippen LogP contribution in [0.25, 0.3) is 0 Å². The Balaban J connectivity index is 5.67. The lowest BCUT2D eigenvalue weighted by Gasteiger charge is -2.40. The first-order valence-electron chi connectivity index (χ1n) is 15.5. The SMILES string of the molecule is C=C(CC(C)(C)C)NC(CCCCC(=C)C(C)C)(CCCCC(=C)C(C)C)CC(C)CCC(=C)C(C)C. The predicted octanol–water partition coefficient (Wildman–Crippen LogP) is 11.8. The van der Waals surface area contributed by atoms with Crippen LogP contribution in [0.5, 0.6) is 0 Å². The summed E-state index contributed by atoms with van der Waals surface area (Å²) in [6, 6.07) is 0. The van der Waals surface area contributed by atoms with Crippen molar-refractivity contribution in [2.45, 2.75) is 152 Å². The number of hydrogen-bond acceptors (Lipinski definition) is 1. The molecule has 37 heavy (non-hydrogen) atoms. The van der Waals surface area contributed by atoms with Gasteiger partial charge >= 0.3 is 0 Å². The van der Waals surface area contributed by atoms with Gasteiger partial charge in [0.15, 0.2) is 0 Å². The van der Waals surface area contributed by atoms with E-state index in [1.807, 2.05) is 0 Å². The zero-order valence-corrected chi connectivity index (χ0v) is 27.1. The minimum atomic E-state index is 0.110. The van der Waals surface area contributed by atoms with Crippen molar-refractivity contribution in [2.75, 3.05) is 0 Å². The molecule has 216 valence electrons. The second kappa shape index (κ2) is 17.4. The van der Waals surface area contributed by atoms with Gasteiger partial charge in [-0.1, -0.05) is 125 Å². The van der Waals surface area contributed by atoms with Gasteiger partial charge in [0.05, 0.1) is 0 Å². The summed E-state index contributed by atoms with van der Waals surface area (Å²) in [5.41, 5.74) is 5.73. The molecular weight excluding hydrogens is 446 g/mol. The van der Waals surface area contributed by atoms with E-state index in [4.69, 9.17) is 0 Å². The standard InChI is InChI=1S/C36H67N/c1-27(2)31(8)19-15-17-23-36(37-34(11)26-35(12,13)14,24-18-16-20-32(9)28(3)4)25-30(7)21-22-33(10)29(5)6/h27-30,37H,8-11,15-26H2,1-7,12-14H3. The van der Waals surface area contributed by atoms with E-state index >= 15 is 0 Å². The molecule has 1 nitrogen and oxygen atoms in total. The maximum atomic E-state index is 4.54. The van der Waals surface area contributed by atoms with Crippen LogP contribution in [0.4, 0.5) is 0 Å². The molecule has 0 bridgehead atoms. The quantitative estimate of drug-likeness (QED) is 0.119. The molecule has 0 fully saturated rings. The molecule has 0 heterocycles. The van der Waals surface area contributed by atoms with E-state index in [1.165, 1.54) is 73.8 Å². The highest BCUT2D eigenvalue weighted by atomic mass is 15.0. The summed E-state index contributed by atoms with van der Waals surface area (Å²) in [4.78, 5) is 0. The largest absolute Gasteiger partial charge is 0.383 e. The van der Waals surface area contributed by atoms with E-state index < -0.39 is 0 Å². The first-order chi connectivity index (χ1) is 17.0. The zero-order valence-electron chi connectivity index (χ0n) is 27.1. The molecule has 0 aliphatic heterocycles. The maximum absolute atomic E-state index is 4.54. The molecule has 0 aromatic heterocycles. The number of hydrogen-bond donors (Lipinski definition) is 1. The molecular formula is C36H67N. The average molecular weight is 514 g/mol. The fourth-order valence-corrected chi connectivity index (χ4v) is 5.26. The van der Waals surface area contributed by atoms with Gasteiger partial charge in [-0.3, -0.25) is 0 Å². The lowest BCUT2D eigenvalue weighted by Crippen LogP contribution is -2.46. The molecule has 1 atom stereocenters. The summed E-state index contributed by atoms with van der Waals surface area (Å²) < 4.78 is 0. The van der Waals surface area contributed by atoms with Crippen LogP contribution in [0.3, 0.4) is 0 Å². The van der Waals surface area contributed by atoms with Crippen LogP contribution < -0.4 is 5.32 Å². The van der Waals surface area contributed by atoms with Crippen LogP contribution in [-0.4, -0.2) is 5.54 Å². The van der Waals surface area contributed by atoms with E-state index in [0.29, 0.717) is 23.7 Å². The Morgan fingerprint density at radius 1 is 0.622 bits per heavy atom. The molecule has 0 saturated carbocycles. The van der Waals surface area contributed by atoms with E-state index in [9.17, 15) is 0 Å². The predicted molar refractivity (Wildman–Crippen MR) is 171 cm³/mol. The summed E-state index contributed by atoms with van der Waals surface area (Å²) in [7, 11) is 0. The van der Waals surface area contributed by atoms with Crippen molar-refractivity contribution in [1.82, 2.24) is 5.32 Å². The summed E-state index contributed by atoms with van der Waals surface area (Å²) in [5.74, 6) is 2.39. The first-order valence-corrected chi connectivity index (χ1v) is 15.5. The maximum Gasteiger partial charge on any atom is 0.0373 e. The molecule has 1 N–H and O–H groups in total. The van der Waals surface area contributed by atoms with Crippen molar-refractivity contribution in [1.29, 1.82) is 0 Å². The summed E-state index contributed by atoms with van der Waals surface area (Å²) in [5, 5.41) is 4.09. The lowest BCUT2D eigenvalue weighted by molar-refractivity contribution is 0.218. The number of unbranched alkanes of at least 4 members (excludes halogenated alkanes) is 2. The van der Waals surface area contributed by atoms with Crippen molar-refractivity contribution < 1.29 is 0 Å². The molecule has 0 amide bonds. The molecule has 0 aromatic rings. The normalized spacial score (nSPS) is 13.3. The first kappa shape index (κ1) is 35.8. The molecule has 1 heteroatoms. The van der Waals surface area contributed by atoms with E-state index in [-0.39, 0.29) is 11.0 Å². The van der Waals surface area contributed by atoms with Crippen LogP contribution in [-0.2, 0) is 0 Å². The summed E-state index contributed by atoms with van der Waals surface area (Å²) >= 11 is 0. The average Bonchev–Trinajstić information content (AvgIpc) is 2.75. The molecule has 0 aromatic carbocycles. The number of allylic oxidation sites excluding steroid dienone is 4. The van der Waals surface area contributed by atoms with Crippen LogP contribution in [0.15, 0.2) is 48.7 Å². The Hall–Kier alpha value is -1.24. The Kier molecular flexibility index (Phi) is 16.8. The molecule has 0 rings (SSSR count). The van der Waals surface area contributed by atoms with Crippen LogP contribution >= 0.6 is 0 Å². The highest BCUT2D eigenvalue weighted by Gasteiger charge is 2.32. The van der Waals surface area contributed by atoms with Gasteiger partial charge in [-0.2, -0.15) is 0 Å². The van der Waals surface area contributed by atoms with Crippen molar-refractivity contribution >= 4 is 0 Å². The number of rotatable bonds is 21. The van der Waals surface area contributed by atoms with Crippen molar-refractivity contribution in [2.24, 2.45) is 29.1 Å². The van der Waals surface area contributed by atoms with Crippen LogP contribution in [0.2, 0.25) is 0 Å². The Morgan fingerprint density at radius 3 is 1.41 bits per heavy atom. The van der Waals surface area contributed by atoms with E-state index in [2.05, 4.69) is 101 Å². The van der Waals surface area contributed by atoms with E-state index in [0.717, 1.165) is 25.7 Å². The van der Waals surface area contributed by atoms with Gasteiger partial charge in [-0.05, 0) is 93.3 Å². The topological polar surface area (TPSA) is 12.0 Å². The minimum Gasteiger partial charge on any atom is -0.383 e. The smallest absolute Gasteiger partial charge is 0.0373 e. The highest BCUT2D eigenvalue weighted by molar-refractivity contribution is 5.05. The van der Waals surface area contributed by atoms with Crippen LogP contribution in [0, 0.1) is 29.1 Å². The Labute approximate surface area is 234 Å². The Bertz CT molecular complexity index is 669. The Morgan fingerprint density at radius 2 is 1.03 bits per heavy atom. The van der Waals surface area contributed by atoms with Crippen molar-refractivity contribution in [3.05, 3.63) is 48.7 Å². The third-order valence-electron chi connectivity index (χ3n) is 8.14. The fraction of sp³-hybridized carbons (Fsp3) is 0.778. The van der Waals surface area contributed by atoms with E-state index in [1.54, 1.807) is 0 Å². The summed E-state index contributed by atoms with van der Waals surface area (Å²) in [6.07, 6.45) is 14.2. The third-order valence-corrected chi connectivity index (χ3v) is 8.14. The zero-order chi connectivity index (χ0) is 28.8. The third kappa shape index (κ3) is 17.1. The van der Waals surface area contributed by atoms with Crippen molar-refractivity contribution in [3.63, 3.8) is 0 Å². The highest BCUT2D eigenvalue weighted by Crippen LogP contribution is 2.35. The number of nitrogens with one attached hydrogen (secondary N) is 1. The second-order valence-electron chi connectivity index (χ2n) is 14.4. The lowest BCUT2D eigenvalue weighted by atomic mass is 9.77. The van der Waals surface area contributed by atoms with Crippen LogP contribution in [0.1, 0.15) is 146 Å². The van der Waals surface area contributed by atoms with Crippen molar-refractivity contribution in [3.8, 4) is 0 Å². The minimum absolute atomic E-state index is 0.110. The fourth-order valence-electron chi connectivity index (χ4n) is 5.26. The van der Waals surface area contributed by atoms with Gasteiger partial charge in [0.2, 0.25) is 0 Å². The molecule has 0 saturated heterocycles.